The average molecular weight is 186 g/mol. The molecule has 1 atom stereocenters. The number of aliphatic hydroxyl groups excluding tert-OH is 1. The van der Waals surface area contributed by atoms with Crippen LogP contribution in [0.1, 0.15) is 27.2 Å². The molecule has 0 aromatic carbocycles. The Kier molecular flexibility index (Phi) is 6.24. The number of esters is 1. The van der Waals surface area contributed by atoms with Crippen LogP contribution in [0.15, 0.2) is 11.6 Å². The van der Waals surface area contributed by atoms with Crippen molar-refractivity contribution in [3.63, 3.8) is 0 Å². The maximum Gasteiger partial charge on any atom is 0.333 e. The molecule has 1 unspecified atom stereocenters. The van der Waals surface area contributed by atoms with Crippen molar-refractivity contribution in [3.05, 3.63) is 11.6 Å². The van der Waals surface area contributed by atoms with E-state index < -0.39 is 0 Å². The molecular weight excluding hydrogens is 168 g/mol. The molecule has 0 radical (unpaired) electrons. The number of ether oxygens (including phenoxy) is 1. The van der Waals surface area contributed by atoms with Gasteiger partial charge in [0, 0.05) is 12.2 Å². The van der Waals surface area contributed by atoms with Crippen LogP contribution in [0.3, 0.4) is 0 Å². The van der Waals surface area contributed by atoms with Crippen molar-refractivity contribution in [2.24, 2.45) is 5.92 Å². The standard InChI is InChI=1S/C10H18O3/c1-4-13-10(12)9(3)7-8(2)5-6-11/h7-8,11H,4-6H2,1-3H3/b9-7+. The maximum absolute atomic E-state index is 11.1. The van der Waals surface area contributed by atoms with Crippen LogP contribution in [0.4, 0.5) is 0 Å². The summed E-state index contributed by atoms with van der Waals surface area (Å²) in [6, 6.07) is 0. The zero-order chi connectivity index (χ0) is 10.3. The minimum atomic E-state index is -0.271. The lowest BCUT2D eigenvalue weighted by Gasteiger charge is -2.05. The van der Waals surface area contributed by atoms with Crippen molar-refractivity contribution in [2.75, 3.05) is 13.2 Å². The summed E-state index contributed by atoms with van der Waals surface area (Å²) in [6.07, 6.45) is 2.50. The number of carbonyl (C=O) groups excluding carboxylic acids is 1. The lowest BCUT2D eigenvalue weighted by molar-refractivity contribution is -0.138. The molecule has 0 bridgehead atoms. The monoisotopic (exact) mass is 186 g/mol. The Balaban J connectivity index is 4.06. The van der Waals surface area contributed by atoms with Gasteiger partial charge in [0.25, 0.3) is 0 Å². The second-order valence-corrected chi connectivity index (χ2v) is 3.06. The molecule has 0 fully saturated rings. The Labute approximate surface area is 79.4 Å². The first kappa shape index (κ1) is 12.2. The summed E-state index contributed by atoms with van der Waals surface area (Å²) in [6.45, 7) is 6.01. The summed E-state index contributed by atoms with van der Waals surface area (Å²) in [4.78, 5) is 11.1. The molecule has 0 aliphatic rings. The van der Waals surface area contributed by atoms with Crippen molar-refractivity contribution in [1.82, 2.24) is 0 Å². The number of allylic oxidation sites excluding steroid dienone is 1. The van der Waals surface area contributed by atoms with E-state index in [0.717, 1.165) is 0 Å². The van der Waals surface area contributed by atoms with Gasteiger partial charge in [0.1, 0.15) is 0 Å². The minimum absolute atomic E-state index is 0.147. The van der Waals surface area contributed by atoms with Gasteiger partial charge in [0.15, 0.2) is 0 Å². The van der Waals surface area contributed by atoms with E-state index in [1.165, 1.54) is 0 Å². The molecule has 0 aromatic heterocycles. The van der Waals surface area contributed by atoms with Gasteiger partial charge in [-0.3, -0.25) is 0 Å². The molecule has 3 nitrogen and oxygen atoms in total. The van der Waals surface area contributed by atoms with E-state index in [1.807, 2.05) is 13.0 Å². The highest BCUT2D eigenvalue weighted by atomic mass is 16.5. The number of hydrogen-bond donors (Lipinski definition) is 1. The SMILES string of the molecule is CCOC(=O)/C(C)=C/C(C)CCO. The Morgan fingerprint density at radius 1 is 1.62 bits per heavy atom. The maximum atomic E-state index is 11.1. The highest BCUT2D eigenvalue weighted by Gasteiger charge is 2.06. The molecule has 3 heteroatoms. The molecule has 0 saturated heterocycles. The second-order valence-electron chi connectivity index (χ2n) is 3.06. The summed E-state index contributed by atoms with van der Waals surface area (Å²) in [5.41, 5.74) is 0.614. The van der Waals surface area contributed by atoms with Gasteiger partial charge < -0.3 is 9.84 Å². The molecule has 0 aromatic rings. The van der Waals surface area contributed by atoms with Crippen LogP contribution in [-0.4, -0.2) is 24.3 Å². The first-order valence-electron chi connectivity index (χ1n) is 4.58. The third kappa shape index (κ3) is 5.42. The topological polar surface area (TPSA) is 46.5 Å². The van der Waals surface area contributed by atoms with Crippen molar-refractivity contribution < 1.29 is 14.6 Å². The Hall–Kier alpha value is -0.830. The zero-order valence-corrected chi connectivity index (χ0v) is 8.54. The fraction of sp³-hybridized carbons (Fsp3) is 0.700. The summed E-state index contributed by atoms with van der Waals surface area (Å²) in [5.74, 6) is -0.0540. The first-order valence-corrected chi connectivity index (χ1v) is 4.58. The number of rotatable bonds is 5. The quantitative estimate of drug-likeness (QED) is 0.523. The normalized spacial score (nSPS) is 14.0. The second kappa shape index (κ2) is 6.66. The van der Waals surface area contributed by atoms with E-state index in [9.17, 15) is 4.79 Å². The fourth-order valence-corrected chi connectivity index (χ4v) is 1.03. The molecule has 0 aliphatic heterocycles. The molecule has 0 heterocycles. The van der Waals surface area contributed by atoms with Gasteiger partial charge in [-0.2, -0.15) is 0 Å². The molecule has 13 heavy (non-hydrogen) atoms. The highest BCUT2D eigenvalue weighted by Crippen LogP contribution is 2.07. The van der Waals surface area contributed by atoms with E-state index in [0.29, 0.717) is 18.6 Å². The molecule has 0 rings (SSSR count). The predicted molar refractivity (Wildman–Crippen MR) is 51.3 cm³/mol. The van der Waals surface area contributed by atoms with E-state index in [4.69, 9.17) is 9.84 Å². The van der Waals surface area contributed by atoms with Crippen molar-refractivity contribution in [2.45, 2.75) is 27.2 Å². The summed E-state index contributed by atoms with van der Waals surface area (Å²) in [7, 11) is 0. The van der Waals surface area contributed by atoms with E-state index in [2.05, 4.69) is 0 Å². The largest absolute Gasteiger partial charge is 0.463 e. The Morgan fingerprint density at radius 2 is 2.23 bits per heavy atom. The molecule has 0 saturated carbocycles. The van der Waals surface area contributed by atoms with Gasteiger partial charge >= 0.3 is 5.97 Å². The van der Waals surface area contributed by atoms with Crippen LogP contribution < -0.4 is 0 Å². The summed E-state index contributed by atoms with van der Waals surface area (Å²) < 4.78 is 4.81. The zero-order valence-electron chi connectivity index (χ0n) is 8.54. The van der Waals surface area contributed by atoms with Gasteiger partial charge in [0.05, 0.1) is 6.61 Å². The molecule has 76 valence electrons. The Morgan fingerprint density at radius 3 is 2.69 bits per heavy atom. The van der Waals surface area contributed by atoms with Crippen LogP contribution >= 0.6 is 0 Å². The van der Waals surface area contributed by atoms with Crippen LogP contribution in [-0.2, 0) is 9.53 Å². The number of carbonyl (C=O) groups is 1. The van der Waals surface area contributed by atoms with Gasteiger partial charge in [-0.1, -0.05) is 13.0 Å². The lowest BCUT2D eigenvalue weighted by atomic mass is 10.1. The van der Waals surface area contributed by atoms with Gasteiger partial charge in [0.2, 0.25) is 0 Å². The average Bonchev–Trinajstić information content (AvgIpc) is 2.05. The van der Waals surface area contributed by atoms with Crippen molar-refractivity contribution in [1.29, 1.82) is 0 Å². The van der Waals surface area contributed by atoms with Gasteiger partial charge in [-0.25, -0.2) is 4.79 Å². The minimum Gasteiger partial charge on any atom is -0.463 e. The van der Waals surface area contributed by atoms with Crippen LogP contribution in [0, 0.1) is 5.92 Å². The number of hydrogen-bond acceptors (Lipinski definition) is 3. The smallest absolute Gasteiger partial charge is 0.333 e. The molecule has 0 spiro atoms. The Bertz CT molecular complexity index is 185. The lowest BCUT2D eigenvalue weighted by Crippen LogP contribution is -2.07. The van der Waals surface area contributed by atoms with E-state index >= 15 is 0 Å². The predicted octanol–water partition coefficient (Wildman–Crippen LogP) is 1.51. The molecular formula is C10H18O3. The van der Waals surface area contributed by atoms with E-state index in [-0.39, 0.29) is 18.5 Å². The highest BCUT2D eigenvalue weighted by molar-refractivity contribution is 5.87. The van der Waals surface area contributed by atoms with Crippen LogP contribution in [0.5, 0.6) is 0 Å². The third-order valence-corrected chi connectivity index (χ3v) is 1.72. The van der Waals surface area contributed by atoms with Gasteiger partial charge in [-0.15, -0.1) is 0 Å². The van der Waals surface area contributed by atoms with Crippen LogP contribution in [0.25, 0.3) is 0 Å². The third-order valence-electron chi connectivity index (χ3n) is 1.72. The van der Waals surface area contributed by atoms with Gasteiger partial charge in [-0.05, 0) is 26.2 Å². The van der Waals surface area contributed by atoms with Crippen molar-refractivity contribution >= 4 is 5.97 Å². The molecule has 0 amide bonds. The molecule has 0 aliphatic carbocycles. The van der Waals surface area contributed by atoms with Crippen molar-refractivity contribution in [3.8, 4) is 0 Å². The summed E-state index contributed by atoms with van der Waals surface area (Å²) >= 11 is 0. The van der Waals surface area contributed by atoms with Crippen LogP contribution in [0.2, 0.25) is 0 Å². The number of aliphatic hydroxyl groups is 1. The summed E-state index contributed by atoms with van der Waals surface area (Å²) in [5, 5.41) is 8.65. The fourth-order valence-electron chi connectivity index (χ4n) is 1.03. The first-order chi connectivity index (χ1) is 6.11. The molecule has 1 N–H and O–H groups in total. The van der Waals surface area contributed by atoms with E-state index in [1.54, 1.807) is 13.8 Å².